The van der Waals surface area contributed by atoms with E-state index in [-0.39, 0.29) is 5.91 Å². The molecule has 0 saturated carbocycles. The molecule has 1 amide bonds. The number of rotatable bonds is 4. The van der Waals surface area contributed by atoms with Crippen molar-refractivity contribution < 1.29 is 4.79 Å². The number of carbonyl (C=O) groups is 1. The molecular weight excluding hydrogens is 240 g/mol. The van der Waals surface area contributed by atoms with Crippen LogP contribution in [0.25, 0.3) is 6.08 Å². The maximum Gasteiger partial charge on any atom is 0.249 e. The van der Waals surface area contributed by atoms with Gasteiger partial charge in [0.2, 0.25) is 5.91 Å². The van der Waals surface area contributed by atoms with Crippen molar-refractivity contribution in [2.75, 3.05) is 11.1 Å². The van der Waals surface area contributed by atoms with Crippen LogP contribution in [0.5, 0.6) is 0 Å². The summed E-state index contributed by atoms with van der Waals surface area (Å²) in [4.78, 5) is 11.7. The topological polar surface area (TPSA) is 83.8 Å². The van der Waals surface area contributed by atoms with Crippen LogP contribution in [0.2, 0.25) is 0 Å². The highest BCUT2D eigenvalue weighted by molar-refractivity contribution is 6.01. The van der Waals surface area contributed by atoms with Gasteiger partial charge in [0.25, 0.3) is 0 Å². The standard InChI is InChI=1S/C14H16N4O/c1-2-12-9-13(18-17-12)16-14(19)7-6-10-4-3-5-11(15)8-10/h3-9H,2,15H2,1H3,(H2,16,17,18,19)/b7-6+. The molecule has 5 nitrogen and oxygen atoms in total. The fraction of sp³-hybridized carbons (Fsp3) is 0.143. The van der Waals surface area contributed by atoms with E-state index in [1.807, 2.05) is 25.1 Å². The number of hydrogen-bond donors (Lipinski definition) is 3. The normalized spacial score (nSPS) is 10.8. The van der Waals surface area contributed by atoms with Gasteiger partial charge in [0.15, 0.2) is 5.82 Å². The van der Waals surface area contributed by atoms with Gasteiger partial charge in [-0.15, -0.1) is 0 Å². The van der Waals surface area contributed by atoms with Crippen molar-refractivity contribution in [1.29, 1.82) is 0 Å². The summed E-state index contributed by atoms with van der Waals surface area (Å²) in [6.45, 7) is 2.01. The summed E-state index contributed by atoms with van der Waals surface area (Å²) in [6, 6.07) is 9.13. The molecule has 0 aliphatic rings. The molecular formula is C14H16N4O. The largest absolute Gasteiger partial charge is 0.399 e. The third-order valence-corrected chi connectivity index (χ3v) is 2.60. The summed E-state index contributed by atoms with van der Waals surface area (Å²) in [5.74, 6) is 0.302. The van der Waals surface area contributed by atoms with Crippen LogP contribution in [-0.4, -0.2) is 16.1 Å². The smallest absolute Gasteiger partial charge is 0.249 e. The zero-order valence-electron chi connectivity index (χ0n) is 10.7. The fourth-order valence-electron chi connectivity index (χ4n) is 1.61. The Morgan fingerprint density at radius 3 is 3.00 bits per heavy atom. The number of aromatic nitrogens is 2. The van der Waals surface area contributed by atoms with Crippen LogP contribution < -0.4 is 11.1 Å². The van der Waals surface area contributed by atoms with Gasteiger partial charge in [0.05, 0.1) is 0 Å². The van der Waals surface area contributed by atoms with Crippen molar-refractivity contribution in [3.05, 3.63) is 47.7 Å². The van der Waals surface area contributed by atoms with Gasteiger partial charge in [0.1, 0.15) is 0 Å². The molecule has 0 unspecified atom stereocenters. The van der Waals surface area contributed by atoms with Crippen LogP contribution in [0.1, 0.15) is 18.2 Å². The van der Waals surface area contributed by atoms with E-state index in [0.717, 1.165) is 17.7 Å². The third kappa shape index (κ3) is 3.70. The second kappa shape index (κ2) is 5.86. The van der Waals surface area contributed by atoms with Crippen molar-refractivity contribution in [2.45, 2.75) is 13.3 Å². The van der Waals surface area contributed by atoms with Crippen LogP contribution in [0.15, 0.2) is 36.4 Å². The lowest BCUT2D eigenvalue weighted by molar-refractivity contribution is -0.111. The number of amides is 1. The second-order valence-corrected chi connectivity index (χ2v) is 4.12. The Balaban J connectivity index is 1.97. The van der Waals surface area contributed by atoms with E-state index in [0.29, 0.717) is 11.5 Å². The first-order valence-electron chi connectivity index (χ1n) is 6.06. The van der Waals surface area contributed by atoms with Gasteiger partial charge >= 0.3 is 0 Å². The number of anilines is 2. The predicted octanol–water partition coefficient (Wildman–Crippen LogP) is 2.21. The van der Waals surface area contributed by atoms with Crippen molar-refractivity contribution in [3.63, 3.8) is 0 Å². The molecule has 5 heteroatoms. The van der Waals surface area contributed by atoms with Crippen LogP contribution in [-0.2, 0) is 11.2 Å². The number of carbonyl (C=O) groups excluding carboxylic acids is 1. The molecule has 1 aromatic carbocycles. The van der Waals surface area contributed by atoms with E-state index < -0.39 is 0 Å². The first-order valence-corrected chi connectivity index (χ1v) is 6.06. The van der Waals surface area contributed by atoms with Gasteiger partial charge < -0.3 is 11.1 Å². The zero-order valence-corrected chi connectivity index (χ0v) is 10.7. The van der Waals surface area contributed by atoms with E-state index in [1.165, 1.54) is 6.08 Å². The molecule has 1 heterocycles. The molecule has 0 radical (unpaired) electrons. The molecule has 0 aliphatic heterocycles. The molecule has 1 aromatic heterocycles. The number of H-pyrrole nitrogens is 1. The molecule has 98 valence electrons. The monoisotopic (exact) mass is 256 g/mol. The molecule has 2 rings (SSSR count). The second-order valence-electron chi connectivity index (χ2n) is 4.12. The van der Waals surface area contributed by atoms with Gasteiger partial charge in [-0.25, -0.2) is 0 Å². The minimum Gasteiger partial charge on any atom is -0.399 e. The molecule has 0 fully saturated rings. The minimum absolute atomic E-state index is 0.225. The first kappa shape index (κ1) is 12.9. The Kier molecular flexibility index (Phi) is 3.97. The fourth-order valence-corrected chi connectivity index (χ4v) is 1.61. The lowest BCUT2D eigenvalue weighted by Crippen LogP contribution is -2.07. The summed E-state index contributed by atoms with van der Waals surface area (Å²) < 4.78 is 0. The minimum atomic E-state index is -0.225. The average Bonchev–Trinajstić information content (AvgIpc) is 2.84. The number of benzene rings is 1. The lowest BCUT2D eigenvalue weighted by Gasteiger charge is -1.97. The lowest BCUT2D eigenvalue weighted by atomic mass is 10.2. The van der Waals surface area contributed by atoms with Gasteiger partial charge in [-0.3, -0.25) is 9.89 Å². The maximum absolute atomic E-state index is 11.7. The third-order valence-electron chi connectivity index (χ3n) is 2.60. The average molecular weight is 256 g/mol. The molecule has 19 heavy (non-hydrogen) atoms. The molecule has 2 aromatic rings. The Morgan fingerprint density at radius 2 is 2.32 bits per heavy atom. The number of nitrogens with two attached hydrogens (primary N) is 1. The number of nitrogens with one attached hydrogen (secondary N) is 2. The molecule has 0 spiro atoms. The summed E-state index contributed by atoms with van der Waals surface area (Å²) in [7, 11) is 0. The van der Waals surface area contributed by atoms with Crippen LogP contribution in [0, 0.1) is 0 Å². The molecule has 0 atom stereocenters. The molecule has 0 saturated heterocycles. The summed E-state index contributed by atoms with van der Waals surface area (Å²) in [6.07, 6.45) is 4.01. The Labute approximate surface area is 111 Å². The highest BCUT2D eigenvalue weighted by Gasteiger charge is 2.02. The zero-order chi connectivity index (χ0) is 13.7. The number of hydrogen-bond acceptors (Lipinski definition) is 3. The number of aromatic amines is 1. The number of aryl methyl sites for hydroxylation is 1. The van der Waals surface area contributed by atoms with Crippen molar-refractivity contribution in [3.8, 4) is 0 Å². The van der Waals surface area contributed by atoms with E-state index in [2.05, 4.69) is 15.5 Å². The van der Waals surface area contributed by atoms with Gasteiger partial charge in [-0.1, -0.05) is 19.1 Å². The van der Waals surface area contributed by atoms with Crippen LogP contribution >= 0.6 is 0 Å². The van der Waals surface area contributed by atoms with Crippen molar-refractivity contribution in [2.24, 2.45) is 0 Å². The van der Waals surface area contributed by atoms with E-state index in [1.54, 1.807) is 18.2 Å². The predicted molar refractivity (Wildman–Crippen MR) is 76.5 cm³/mol. The van der Waals surface area contributed by atoms with Crippen LogP contribution in [0.4, 0.5) is 11.5 Å². The van der Waals surface area contributed by atoms with E-state index in [4.69, 9.17) is 5.73 Å². The van der Waals surface area contributed by atoms with Gasteiger partial charge in [0, 0.05) is 23.5 Å². The SMILES string of the molecule is CCc1cc(NC(=O)/C=C/c2cccc(N)c2)n[nH]1. The summed E-state index contributed by atoms with van der Waals surface area (Å²) in [5, 5.41) is 9.50. The van der Waals surface area contributed by atoms with E-state index >= 15 is 0 Å². The number of nitrogens with zero attached hydrogens (tertiary/aromatic N) is 1. The quantitative estimate of drug-likeness (QED) is 0.579. The van der Waals surface area contributed by atoms with Crippen LogP contribution in [0.3, 0.4) is 0 Å². The highest BCUT2D eigenvalue weighted by atomic mass is 16.1. The number of nitrogen functional groups attached to an aromatic ring is 1. The Morgan fingerprint density at radius 1 is 1.47 bits per heavy atom. The Hall–Kier alpha value is -2.56. The van der Waals surface area contributed by atoms with Gasteiger partial charge in [-0.05, 0) is 30.2 Å². The van der Waals surface area contributed by atoms with Gasteiger partial charge in [-0.2, -0.15) is 5.10 Å². The summed E-state index contributed by atoms with van der Waals surface area (Å²) >= 11 is 0. The summed E-state index contributed by atoms with van der Waals surface area (Å²) in [5.41, 5.74) is 8.19. The maximum atomic E-state index is 11.7. The van der Waals surface area contributed by atoms with Crippen molar-refractivity contribution in [1.82, 2.24) is 10.2 Å². The first-order chi connectivity index (χ1) is 9.17. The Bertz CT molecular complexity index is 601. The van der Waals surface area contributed by atoms with Crippen molar-refractivity contribution >= 4 is 23.5 Å². The van der Waals surface area contributed by atoms with E-state index in [9.17, 15) is 4.79 Å². The molecule has 0 aliphatic carbocycles. The highest BCUT2D eigenvalue weighted by Crippen LogP contribution is 2.09. The molecule has 4 N–H and O–H groups in total. The molecule has 0 bridgehead atoms.